The Hall–Kier alpha value is -3.15. The molecule has 0 aliphatic heterocycles. The molecule has 1 fully saturated rings. The summed E-state index contributed by atoms with van der Waals surface area (Å²) in [5.74, 6) is -0.253. The van der Waals surface area contributed by atoms with Crippen LogP contribution in [0.15, 0.2) is 53.1 Å². The molecule has 0 saturated heterocycles. The topological polar surface area (TPSA) is 81.4 Å². The van der Waals surface area contributed by atoms with E-state index in [4.69, 9.17) is 9.15 Å². The predicted octanol–water partition coefficient (Wildman–Crippen LogP) is 4.10. The van der Waals surface area contributed by atoms with Crippen LogP contribution in [-0.2, 0) is 9.53 Å². The number of amides is 1. The van der Waals surface area contributed by atoms with E-state index in [1.54, 1.807) is 31.4 Å². The van der Waals surface area contributed by atoms with Gasteiger partial charge in [-0.1, -0.05) is 31.0 Å². The molecule has 0 bridgehead atoms. The van der Waals surface area contributed by atoms with Crippen LogP contribution in [0.1, 0.15) is 43.0 Å². The predicted molar refractivity (Wildman–Crippen MR) is 105 cm³/mol. The van der Waals surface area contributed by atoms with Crippen LogP contribution in [0.25, 0.3) is 22.4 Å². The van der Waals surface area contributed by atoms with Gasteiger partial charge in [0.25, 0.3) is 5.91 Å². The average molecular weight is 378 g/mol. The van der Waals surface area contributed by atoms with Gasteiger partial charge in [0.1, 0.15) is 5.69 Å². The molecule has 2 heterocycles. The number of para-hydroxylation sites is 1. The number of hydrogen-bond acceptors (Lipinski definition) is 5. The second-order valence-electron chi connectivity index (χ2n) is 7.09. The van der Waals surface area contributed by atoms with E-state index in [1.165, 1.54) is 0 Å². The maximum atomic E-state index is 12.9. The van der Waals surface area contributed by atoms with Gasteiger partial charge in [-0.15, -0.1) is 0 Å². The fourth-order valence-electron chi connectivity index (χ4n) is 3.56. The van der Waals surface area contributed by atoms with Gasteiger partial charge in [-0.25, -0.2) is 9.78 Å². The van der Waals surface area contributed by atoms with Gasteiger partial charge in [0.05, 0.1) is 17.3 Å². The maximum absolute atomic E-state index is 12.9. The summed E-state index contributed by atoms with van der Waals surface area (Å²) in [7, 11) is 0. The number of benzene rings is 1. The van der Waals surface area contributed by atoms with Crippen molar-refractivity contribution in [3.63, 3.8) is 0 Å². The van der Waals surface area contributed by atoms with Crippen LogP contribution >= 0.6 is 0 Å². The normalized spacial score (nSPS) is 15.5. The van der Waals surface area contributed by atoms with Gasteiger partial charge < -0.3 is 14.5 Å². The highest BCUT2D eigenvalue weighted by Gasteiger charge is 2.25. The van der Waals surface area contributed by atoms with Crippen molar-refractivity contribution < 1.29 is 18.7 Å². The third-order valence-corrected chi connectivity index (χ3v) is 5.06. The van der Waals surface area contributed by atoms with E-state index in [9.17, 15) is 9.59 Å². The molecule has 4 rings (SSSR count). The molecule has 1 aliphatic rings. The Kier molecular flexibility index (Phi) is 5.10. The Morgan fingerprint density at radius 3 is 2.71 bits per heavy atom. The van der Waals surface area contributed by atoms with E-state index in [0.29, 0.717) is 27.9 Å². The minimum atomic E-state index is -0.868. The Labute approximate surface area is 162 Å². The molecule has 28 heavy (non-hydrogen) atoms. The van der Waals surface area contributed by atoms with Crippen LogP contribution < -0.4 is 5.32 Å². The first-order valence-corrected chi connectivity index (χ1v) is 9.57. The van der Waals surface area contributed by atoms with Gasteiger partial charge in [-0.05, 0) is 44.0 Å². The highest BCUT2D eigenvalue weighted by molar-refractivity contribution is 6.05. The molecular formula is C22H22N2O4. The maximum Gasteiger partial charge on any atom is 0.339 e. The molecule has 2 aromatic heterocycles. The number of ether oxygens (including phenoxy) is 1. The summed E-state index contributed by atoms with van der Waals surface area (Å²) in [4.78, 5) is 29.8. The van der Waals surface area contributed by atoms with Gasteiger partial charge in [0, 0.05) is 11.4 Å². The minimum absolute atomic E-state index is 0.181. The summed E-state index contributed by atoms with van der Waals surface area (Å²) >= 11 is 0. The summed E-state index contributed by atoms with van der Waals surface area (Å²) in [6, 6.07) is 12.7. The highest BCUT2D eigenvalue weighted by atomic mass is 16.5. The molecule has 0 unspecified atom stereocenters. The van der Waals surface area contributed by atoms with Gasteiger partial charge in [-0.2, -0.15) is 0 Å². The number of aromatic nitrogens is 1. The second-order valence-corrected chi connectivity index (χ2v) is 7.09. The second kappa shape index (κ2) is 7.84. The van der Waals surface area contributed by atoms with E-state index < -0.39 is 12.1 Å². The van der Waals surface area contributed by atoms with Crippen LogP contribution in [0.5, 0.6) is 0 Å². The van der Waals surface area contributed by atoms with Crippen molar-refractivity contribution in [2.45, 2.75) is 44.8 Å². The largest absolute Gasteiger partial charge is 0.463 e. The molecule has 0 radical (unpaired) electrons. The quantitative estimate of drug-likeness (QED) is 0.676. The van der Waals surface area contributed by atoms with Crippen LogP contribution in [0.3, 0.4) is 0 Å². The lowest BCUT2D eigenvalue weighted by Crippen LogP contribution is -2.40. The third-order valence-electron chi connectivity index (χ3n) is 5.06. The van der Waals surface area contributed by atoms with Crippen LogP contribution in [0, 0.1) is 0 Å². The third kappa shape index (κ3) is 3.76. The van der Waals surface area contributed by atoms with Gasteiger partial charge >= 0.3 is 5.97 Å². The van der Waals surface area contributed by atoms with Crippen LogP contribution in [-0.4, -0.2) is 29.0 Å². The van der Waals surface area contributed by atoms with E-state index in [-0.39, 0.29) is 11.9 Å². The zero-order valence-corrected chi connectivity index (χ0v) is 15.7. The molecule has 0 spiro atoms. The first-order chi connectivity index (χ1) is 13.6. The minimum Gasteiger partial charge on any atom is -0.463 e. The first-order valence-electron chi connectivity index (χ1n) is 9.57. The van der Waals surface area contributed by atoms with Crippen molar-refractivity contribution in [3.05, 3.63) is 54.3 Å². The summed E-state index contributed by atoms with van der Waals surface area (Å²) in [6.45, 7) is 1.60. The molecule has 3 aromatic rings. The lowest BCUT2D eigenvalue weighted by molar-refractivity contribution is -0.129. The van der Waals surface area contributed by atoms with Gasteiger partial charge in [0.2, 0.25) is 0 Å². The molecular weight excluding hydrogens is 356 g/mol. The number of fused-ring (bicyclic) bond motifs is 1. The zero-order chi connectivity index (χ0) is 19.5. The van der Waals surface area contributed by atoms with E-state index in [1.807, 2.05) is 24.3 Å². The van der Waals surface area contributed by atoms with Crippen LogP contribution in [0.4, 0.5) is 0 Å². The fourth-order valence-corrected chi connectivity index (χ4v) is 3.56. The SMILES string of the molecule is C[C@@H](OC(=O)c1cc(-c2ccco2)nc2ccccc12)C(=O)NC1CCCC1. The zero-order valence-electron chi connectivity index (χ0n) is 15.7. The Morgan fingerprint density at radius 2 is 1.96 bits per heavy atom. The summed E-state index contributed by atoms with van der Waals surface area (Å²) in [5, 5.41) is 3.64. The standard InChI is InChI=1S/C22H22N2O4/c1-14(21(25)23-15-7-2-3-8-15)28-22(26)17-13-19(20-11-6-12-27-20)24-18-10-5-4-9-16(17)18/h4-6,9-15H,2-3,7-8H2,1H3,(H,23,25)/t14-/m1/s1. The molecule has 1 atom stereocenters. The lowest BCUT2D eigenvalue weighted by atomic mass is 10.1. The first kappa shape index (κ1) is 18.2. The van der Waals surface area contributed by atoms with E-state index in [2.05, 4.69) is 10.3 Å². The number of esters is 1. The number of nitrogens with one attached hydrogen (secondary N) is 1. The number of rotatable bonds is 5. The highest BCUT2D eigenvalue weighted by Crippen LogP contribution is 2.26. The van der Waals surface area contributed by atoms with Gasteiger partial charge in [-0.3, -0.25) is 4.79 Å². The van der Waals surface area contributed by atoms with Gasteiger partial charge in [0.15, 0.2) is 11.9 Å². The van der Waals surface area contributed by atoms with Crippen molar-refractivity contribution >= 4 is 22.8 Å². The Bertz CT molecular complexity index is 991. The molecule has 1 amide bonds. The van der Waals surface area contributed by atoms with Crippen molar-refractivity contribution in [2.24, 2.45) is 0 Å². The summed E-state index contributed by atoms with van der Waals surface area (Å²) < 4.78 is 10.9. The molecule has 1 N–H and O–H groups in total. The van der Waals surface area contributed by atoms with E-state index >= 15 is 0 Å². The van der Waals surface area contributed by atoms with Crippen molar-refractivity contribution in [1.82, 2.24) is 10.3 Å². The van der Waals surface area contributed by atoms with Crippen molar-refractivity contribution in [3.8, 4) is 11.5 Å². The molecule has 144 valence electrons. The molecule has 1 aliphatic carbocycles. The number of carbonyl (C=O) groups is 2. The number of furan rings is 1. The lowest BCUT2D eigenvalue weighted by Gasteiger charge is -2.17. The molecule has 6 heteroatoms. The van der Waals surface area contributed by atoms with Crippen molar-refractivity contribution in [1.29, 1.82) is 0 Å². The number of carbonyl (C=O) groups excluding carboxylic acids is 2. The summed E-state index contributed by atoms with van der Waals surface area (Å²) in [6.07, 6.45) is 4.89. The Morgan fingerprint density at radius 1 is 1.18 bits per heavy atom. The fraction of sp³-hybridized carbons (Fsp3) is 0.318. The van der Waals surface area contributed by atoms with E-state index in [0.717, 1.165) is 25.7 Å². The Balaban J connectivity index is 1.58. The smallest absolute Gasteiger partial charge is 0.339 e. The van der Waals surface area contributed by atoms with Crippen molar-refractivity contribution in [2.75, 3.05) is 0 Å². The number of hydrogen-bond donors (Lipinski definition) is 1. The molecule has 1 saturated carbocycles. The van der Waals surface area contributed by atoms with Crippen LogP contribution in [0.2, 0.25) is 0 Å². The molecule has 1 aromatic carbocycles. The number of nitrogens with zero attached hydrogens (tertiary/aromatic N) is 1. The number of pyridine rings is 1. The average Bonchev–Trinajstić information content (AvgIpc) is 3.41. The molecule has 6 nitrogen and oxygen atoms in total. The summed E-state index contributed by atoms with van der Waals surface area (Å²) in [5.41, 5.74) is 1.56. The monoisotopic (exact) mass is 378 g/mol.